The van der Waals surface area contributed by atoms with Crippen molar-refractivity contribution in [3.63, 3.8) is 0 Å². The minimum Gasteiger partial charge on any atom is -0.0619 e. The van der Waals surface area contributed by atoms with Crippen LogP contribution in [0, 0.1) is 0 Å². The van der Waals surface area contributed by atoms with Gasteiger partial charge in [-0.15, -0.1) is 0 Å². The molecule has 3 aromatic carbocycles. The number of hydrogen-bond donors (Lipinski definition) is 0. The lowest BCUT2D eigenvalue weighted by atomic mass is 9.61. The Hall–Kier alpha value is -2.34. The highest BCUT2D eigenvalue weighted by Crippen LogP contribution is 2.55. The maximum absolute atomic E-state index is 9.47. The van der Waals surface area contributed by atoms with E-state index >= 15 is 0 Å². The Morgan fingerprint density at radius 1 is 0.600 bits per heavy atom. The van der Waals surface area contributed by atoms with Gasteiger partial charge in [-0.25, -0.2) is 0 Å². The van der Waals surface area contributed by atoms with Crippen molar-refractivity contribution in [3.8, 4) is 0 Å². The first kappa shape index (κ1) is 4.89. The zero-order valence-electron chi connectivity index (χ0n) is 20.3. The summed E-state index contributed by atoms with van der Waals surface area (Å²) >= 11 is 0. The molecule has 0 radical (unpaired) electrons. The molecule has 0 heteroatoms. The highest BCUT2D eigenvalue weighted by Gasteiger charge is 2.40. The maximum Gasteiger partial charge on any atom is 0.0626 e. The minimum atomic E-state index is -2.00. The molecule has 20 heavy (non-hydrogen) atoms. The van der Waals surface area contributed by atoms with E-state index in [9.17, 15) is 2.74 Å². The minimum absolute atomic E-state index is 0.125. The first-order chi connectivity index (χ1) is 14.0. The van der Waals surface area contributed by atoms with Gasteiger partial charge in [0.25, 0.3) is 0 Å². The van der Waals surface area contributed by atoms with Gasteiger partial charge in [-0.2, -0.15) is 0 Å². The molecule has 0 saturated carbocycles. The zero-order valence-corrected chi connectivity index (χ0v) is 10.3. The largest absolute Gasteiger partial charge is 0.0626 e. The van der Waals surface area contributed by atoms with E-state index in [0.29, 0.717) is 0 Å². The Morgan fingerprint density at radius 2 is 0.950 bits per heavy atom. The SMILES string of the molecule is [2H]c1c([2H])c([2H])c2c(c1[2H])C1([2H])c3ccccc3C2([2H])c2c([2H])c([2H])c([2H])c([2H])c21. The van der Waals surface area contributed by atoms with Crippen LogP contribution >= 0.6 is 0 Å². The lowest BCUT2D eigenvalue weighted by Crippen LogP contribution is -2.27. The van der Waals surface area contributed by atoms with Crippen LogP contribution in [0.25, 0.3) is 0 Å². The zero-order chi connectivity index (χ0) is 21.9. The quantitative estimate of drug-likeness (QED) is 0.553. The molecule has 0 heterocycles. The molecule has 2 bridgehead atoms. The molecule has 0 spiro atoms. The molecule has 0 unspecified atom stereocenters. The molecule has 3 aliphatic carbocycles. The molecular weight excluding hydrogens is 240 g/mol. The Labute approximate surface area is 132 Å². The molecule has 0 saturated heterocycles. The second kappa shape index (κ2) is 3.61. The Morgan fingerprint density at radius 3 is 1.30 bits per heavy atom. The number of rotatable bonds is 0. The van der Waals surface area contributed by atoms with E-state index in [4.69, 9.17) is 11.0 Å². The predicted molar refractivity (Wildman–Crippen MR) is 81.2 cm³/mol. The molecule has 0 aromatic heterocycles. The molecule has 0 amide bonds. The van der Waals surface area contributed by atoms with Gasteiger partial charge < -0.3 is 0 Å². The summed E-state index contributed by atoms with van der Waals surface area (Å²) in [6.07, 6.45) is 0. The van der Waals surface area contributed by atoms with Gasteiger partial charge in [0.05, 0.1) is 11.0 Å². The Bertz CT molecular complexity index is 1140. The van der Waals surface area contributed by atoms with E-state index in [1.807, 2.05) is 0 Å². The maximum atomic E-state index is 9.47. The fourth-order valence-corrected chi connectivity index (χ4v) is 3.08. The van der Waals surface area contributed by atoms with E-state index < -0.39 is 60.1 Å². The van der Waals surface area contributed by atoms with Crippen molar-refractivity contribution in [2.24, 2.45) is 0 Å². The van der Waals surface area contributed by atoms with E-state index in [1.54, 1.807) is 24.3 Å². The van der Waals surface area contributed by atoms with Gasteiger partial charge >= 0.3 is 0 Å². The monoisotopic (exact) mass is 264 g/mol. The Kier molecular flexibility index (Phi) is 0.882. The lowest BCUT2D eigenvalue weighted by molar-refractivity contribution is 0.754. The summed E-state index contributed by atoms with van der Waals surface area (Å²) in [5, 5.41) is 0. The van der Waals surface area contributed by atoms with Gasteiger partial charge in [-0.3, -0.25) is 0 Å². The summed E-state index contributed by atoms with van der Waals surface area (Å²) in [5.74, 6) is -4.01. The predicted octanol–water partition coefficient (Wildman–Crippen LogP) is 4.67. The van der Waals surface area contributed by atoms with Crippen molar-refractivity contribution in [2.45, 2.75) is 11.8 Å². The van der Waals surface area contributed by atoms with Crippen molar-refractivity contribution < 1.29 is 13.7 Å². The third kappa shape index (κ3) is 1.13. The number of hydrogen-bond acceptors (Lipinski definition) is 0. The van der Waals surface area contributed by atoms with Gasteiger partial charge in [0.1, 0.15) is 0 Å². The van der Waals surface area contributed by atoms with Crippen LogP contribution in [0.3, 0.4) is 0 Å². The van der Waals surface area contributed by atoms with Crippen molar-refractivity contribution in [3.05, 3.63) is 106 Å². The number of benzene rings is 3. The standard InChI is InChI=1S/C20H14/c1-2-8-14-13(7-1)19-15-9-3-5-11-17(15)20(14)18-12-6-4-10-16(18)19/h1-12,19-20H/i1D,2D,3D,5D,7D,8D,9D,11D,19D,20D. The van der Waals surface area contributed by atoms with Crippen LogP contribution in [-0.2, 0) is 0 Å². The second-order valence-corrected chi connectivity index (χ2v) is 4.80. The summed E-state index contributed by atoms with van der Waals surface area (Å²) in [5.41, 5.74) is 0.0732. The van der Waals surface area contributed by atoms with Crippen molar-refractivity contribution >= 4 is 0 Å². The lowest BCUT2D eigenvalue weighted by Gasteiger charge is -2.42. The van der Waals surface area contributed by atoms with Crippen molar-refractivity contribution in [1.29, 1.82) is 0 Å². The molecule has 3 aliphatic rings. The van der Waals surface area contributed by atoms with E-state index in [-0.39, 0.29) is 33.4 Å². The van der Waals surface area contributed by atoms with Gasteiger partial charge in [0.15, 0.2) is 0 Å². The van der Waals surface area contributed by atoms with Crippen LogP contribution in [0.1, 0.15) is 58.9 Å². The second-order valence-electron chi connectivity index (χ2n) is 4.80. The summed E-state index contributed by atoms with van der Waals surface area (Å²) in [6.45, 7) is 0. The summed E-state index contributed by atoms with van der Waals surface area (Å²) < 4.78 is 85.3. The van der Waals surface area contributed by atoms with Crippen LogP contribution in [0.5, 0.6) is 0 Å². The first-order valence-electron chi connectivity index (χ1n) is 11.3. The van der Waals surface area contributed by atoms with Crippen LogP contribution in [0.2, 0.25) is 0 Å². The molecule has 0 fully saturated rings. The fraction of sp³-hybridized carbons (Fsp3) is 0.100. The van der Waals surface area contributed by atoms with Crippen LogP contribution < -0.4 is 0 Å². The summed E-state index contributed by atoms with van der Waals surface area (Å²) in [4.78, 5) is 0. The van der Waals surface area contributed by atoms with Crippen molar-refractivity contribution in [1.82, 2.24) is 0 Å². The fourth-order valence-electron chi connectivity index (χ4n) is 3.08. The van der Waals surface area contributed by atoms with Crippen LogP contribution in [0.4, 0.5) is 0 Å². The van der Waals surface area contributed by atoms with Crippen molar-refractivity contribution in [2.75, 3.05) is 0 Å². The molecule has 94 valence electrons. The van der Waals surface area contributed by atoms with E-state index in [0.717, 1.165) is 0 Å². The van der Waals surface area contributed by atoms with Gasteiger partial charge in [0.2, 0.25) is 0 Å². The summed E-state index contributed by atoms with van der Waals surface area (Å²) in [7, 11) is 0. The van der Waals surface area contributed by atoms with Gasteiger partial charge in [-0.05, 0) is 33.4 Å². The molecular formula is C20H14. The first-order valence-corrected chi connectivity index (χ1v) is 6.33. The Balaban J connectivity index is 2.15. The van der Waals surface area contributed by atoms with Crippen LogP contribution in [0.15, 0.2) is 72.6 Å². The average Bonchev–Trinajstić information content (AvgIpc) is 2.73. The molecule has 0 N–H and O–H groups in total. The van der Waals surface area contributed by atoms with E-state index in [2.05, 4.69) is 0 Å². The summed E-state index contributed by atoms with van der Waals surface area (Å²) in [6, 6.07) is 2.43. The smallest absolute Gasteiger partial charge is 0.0619 e. The third-order valence-electron chi connectivity index (χ3n) is 3.84. The topological polar surface area (TPSA) is 0 Å². The van der Waals surface area contributed by atoms with Crippen LogP contribution in [-0.4, -0.2) is 0 Å². The molecule has 3 aromatic rings. The molecule has 0 nitrogen and oxygen atoms in total. The molecule has 0 aliphatic heterocycles. The van der Waals surface area contributed by atoms with Gasteiger partial charge in [-0.1, -0.05) is 72.6 Å². The molecule has 0 atom stereocenters. The highest BCUT2D eigenvalue weighted by atomic mass is 14.4. The average molecular weight is 264 g/mol. The third-order valence-corrected chi connectivity index (χ3v) is 3.84. The van der Waals surface area contributed by atoms with Gasteiger partial charge in [0, 0.05) is 14.5 Å². The normalized spacial score (nSPS) is 35.4. The molecule has 6 rings (SSSR count). The van der Waals surface area contributed by atoms with E-state index in [1.165, 1.54) is 0 Å². The highest BCUT2D eigenvalue weighted by molar-refractivity contribution is 5.67.